The highest BCUT2D eigenvalue weighted by molar-refractivity contribution is 6.18. The van der Waals surface area contributed by atoms with Crippen molar-refractivity contribution in [2.75, 3.05) is 6.00 Å². The molecular formula is C9H7ClN2O3. The Balaban J connectivity index is 2.53. The van der Waals surface area contributed by atoms with Crippen LogP contribution in [0, 0.1) is 10.1 Å². The van der Waals surface area contributed by atoms with Crippen LogP contribution < -0.4 is 0 Å². The number of rotatable bonds is 2. The number of hydrogen-bond donors (Lipinski definition) is 0. The molecule has 0 amide bonds. The van der Waals surface area contributed by atoms with Crippen molar-refractivity contribution >= 4 is 23.2 Å². The van der Waals surface area contributed by atoms with Crippen molar-refractivity contribution in [1.82, 2.24) is 0 Å². The van der Waals surface area contributed by atoms with Crippen LogP contribution in [0.3, 0.4) is 0 Å². The predicted molar refractivity (Wildman–Crippen MR) is 55.1 cm³/mol. The Labute approximate surface area is 90.5 Å². The summed E-state index contributed by atoms with van der Waals surface area (Å²) in [5.74, 6) is 0.378. The van der Waals surface area contributed by atoms with E-state index in [4.69, 9.17) is 16.3 Å². The number of alkyl halides is 1. The molecule has 1 aliphatic heterocycles. The molecule has 0 saturated carbocycles. The fraction of sp³-hybridized carbons (Fsp3) is 0.222. The van der Waals surface area contributed by atoms with Crippen LogP contribution >= 0.6 is 11.6 Å². The predicted octanol–water partition coefficient (Wildman–Crippen LogP) is 2.07. The Kier molecular flexibility index (Phi) is 2.55. The summed E-state index contributed by atoms with van der Waals surface area (Å²) in [6, 6.07) is 4.87. The molecule has 0 spiro atoms. The molecule has 0 saturated heterocycles. The van der Waals surface area contributed by atoms with Crippen LogP contribution in [-0.4, -0.2) is 16.8 Å². The van der Waals surface area contributed by atoms with E-state index in [0.29, 0.717) is 17.0 Å². The third kappa shape index (κ3) is 1.66. The molecule has 0 radical (unpaired) electrons. The topological polar surface area (TPSA) is 64.7 Å². The third-order valence-corrected chi connectivity index (χ3v) is 2.25. The van der Waals surface area contributed by atoms with Gasteiger partial charge in [0.25, 0.3) is 5.69 Å². The molecule has 0 bridgehead atoms. The first-order valence-corrected chi connectivity index (χ1v) is 4.77. The lowest BCUT2D eigenvalue weighted by Crippen LogP contribution is -1.98. The van der Waals surface area contributed by atoms with E-state index in [1.54, 1.807) is 12.1 Å². The lowest BCUT2D eigenvalue weighted by molar-refractivity contribution is -0.385. The summed E-state index contributed by atoms with van der Waals surface area (Å²) in [5.41, 5.74) is 1.28. The number of benzene rings is 1. The summed E-state index contributed by atoms with van der Waals surface area (Å²) in [6.45, 7) is 0.183. The SMILES string of the molecule is O=[N+]([O-])c1cccc2c1COC2=NCCl. The van der Waals surface area contributed by atoms with Gasteiger partial charge < -0.3 is 4.74 Å². The van der Waals surface area contributed by atoms with Crippen LogP contribution in [0.25, 0.3) is 0 Å². The standard InChI is InChI=1S/C9H7ClN2O3/c10-5-11-9-6-2-1-3-8(12(13)14)7(6)4-15-9/h1-3H,4-5H2. The number of nitrogens with zero attached hydrogens (tertiary/aromatic N) is 2. The second kappa shape index (κ2) is 3.86. The van der Waals surface area contributed by atoms with Crippen molar-refractivity contribution < 1.29 is 9.66 Å². The summed E-state index contributed by atoms with van der Waals surface area (Å²) in [4.78, 5) is 14.2. The molecule has 5 nitrogen and oxygen atoms in total. The highest BCUT2D eigenvalue weighted by Crippen LogP contribution is 2.29. The minimum Gasteiger partial charge on any atom is -0.472 e. The second-order valence-corrected chi connectivity index (χ2v) is 3.17. The maximum atomic E-state index is 10.7. The first-order valence-electron chi connectivity index (χ1n) is 4.24. The quantitative estimate of drug-likeness (QED) is 0.336. The van der Waals surface area contributed by atoms with Gasteiger partial charge in [-0.05, 0) is 6.07 Å². The van der Waals surface area contributed by atoms with Crippen LogP contribution in [0.2, 0.25) is 0 Å². The first-order chi connectivity index (χ1) is 7.24. The van der Waals surface area contributed by atoms with Crippen molar-refractivity contribution in [3.8, 4) is 0 Å². The van der Waals surface area contributed by atoms with Gasteiger partial charge >= 0.3 is 0 Å². The van der Waals surface area contributed by atoms with Crippen LogP contribution in [-0.2, 0) is 11.3 Å². The van der Waals surface area contributed by atoms with Gasteiger partial charge in [-0.1, -0.05) is 6.07 Å². The van der Waals surface area contributed by atoms with E-state index in [1.165, 1.54) is 6.07 Å². The second-order valence-electron chi connectivity index (χ2n) is 2.93. The molecular weight excluding hydrogens is 220 g/mol. The van der Waals surface area contributed by atoms with Crippen molar-refractivity contribution in [3.63, 3.8) is 0 Å². The lowest BCUT2D eigenvalue weighted by atomic mass is 10.1. The Bertz CT molecular complexity index is 445. The Morgan fingerprint density at radius 2 is 2.40 bits per heavy atom. The number of halogens is 1. The minimum absolute atomic E-state index is 0.0623. The summed E-state index contributed by atoms with van der Waals surface area (Å²) in [5, 5.41) is 10.7. The molecule has 1 aromatic rings. The van der Waals surface area contributed by atoms with Gasteiger partial charge in [0, 0.05) is 11.6 Å². The molecule has 0 aliphatic carbocycles. The zero-order chi connectivity index (χ0) is 10.8. The maximum Gasteiger partial charge on any atom is 0.276 e. The summed E-state index contributed by atoms with van der Waals surface area (Å²) in [6.07, 6.45) is 0. The van der Waals surface area contributed by atoms with Crippen LogP contribution in [0.5, 0.6) is 0 Å². The Hall–Kier alpha value is -1.62. The lowest BCUT2D eigenvalue weighted by Gasteiger charge is -1.96. The van der Waals surface area contributed by atoms with Gasteiger partial charge in [0.1, 0.15) is 12.6 Å². The third-order valence-electron chi connectivity index (χ3n) is 2.13. The molecule has 78 valence electrons. The van der Waals surface area contributed by atoms with Crippen molar-refractivity contribution in [3.05, 3.63) is 39.4 Å². The highest BCUT2D eigenvalue weighted by Gasteiger charge is 2.26. The molecule has 0 aromatic heterocycles. The van der Waals surface area contributed by atoms with Gasteiger partial charge in [-0.3, -0.25) is 10.1 Å². The van der Waals surface area contributed by atoms with Crippen molar-refractivity contribution in [2.45, 2.75) is 6.61 Å². The Morgan fingerprint density at radius 3 is 3.07 bits per heavy atom. The number of nitro benzene ring substituents is 1. The molecule has 1 aliphatic rings. The van der Waals surface area contributed by atoms with E-state index in [1.807, 2.05) is 0 Å². The van der Waals surface area contributed by atoms with Gasteiger partial charge in [-0.2, -0.15) is 0 Å². The van der Waals surface area contributed by atoms with Crippen molar-refractivity contribution in [2.24, 2.45) is 4.99 Å². The normalized spacial score (nSPS) is 16.2. The summed E-state index contributed by atoms with van der Waals surface area (Å²) >= 11 is 5.45. The molecule has 0 fully saturated rings. The summed E-state index contributed by atoms with van der Waals surface area (Å²) < 4.78 is 5.22. The minimum atomic E-state index is -0.425. The van der Waals surface area contributed by atoms with Crippen molar-refractivity contribution in [1.29, 1.82) is 0 Å². The van der Waals surface area contributed by atoms with Gasteiger partial charge in [0.15, 0.2) is 0 Å². The van der Waals surface area contributed by atoms with Crippen LogP contribution in [0.15, 0.2) is 23.2 Å². The number of nitro groups is 1. The zero-order valence-corrected chi connectivity index (χ0v) is 8.40. The first kappa shape index (κ1) is 9.92. The van der Waals surface area contributed by atoms with E-state index in [-0.39, 0.29) is 18.3 Å². The number of hydrogen-bond acceptors (Lipinski definition) is 4. The van der Waals surface area contributed by atoms with E-state index in [2.05, 4.69) is 4.99 Å². The Morgan fingerprint density at radius 1 is 1.60 bits per heavy atom. The molecule has 2 rings (SSSR count). The van der Waals surface area contributed by atoms with E-state index >= 15 is 0 Å². The zero-order valence-electron chi connectivity index (χ0n) is 7.64. The van der Waals surface area contributed by atoms with E-state index in [0.717, 1.165) is 0 Å². The number of fused-ring (bicyclic) bond motifs is 1. The molecule has 15 heavy (non-hydrogen) atoms. The summed E-state index contributed by atoms with van der Waals surface area (Å²) in [7, 11) is 0. The smallest absolute Gasteiger partial charge is 0.276 e. The maximum absolute atomic E-state index is 10.7. The van der Waals surface area contributed by atoms with Crippen LogP contribution in [0.1, 0.15) is 11.1 Å². The fourth-order valence-corrected chi connectivity index (χ4v) is 1.61. The average molecular weight is 227 g/mol. The van der Waals surface area contributed by atoms with E-state index in [9.17, 15) is 10.1 Å². The fourth-order valence-electron chi connectivity index (χ4n) is 1.50. The van der Waals surface area contributed by atoms with Gasteiger partial charge in [-0.15, -0.1) is 11.6 Å². The average Bonchev–Trinajstić information content (AvgIpc) is 2.62. The monoisotopic (exact) mass is 226 g/mol. The largest absolute Gasteiger partial charge is 0.472 e. The van der Waals surface area contributed by atoms with Crippen LogP contribution in [0.4, 0.5) is 5.69 Å². The molecule has 0 atom stereocenters. The molecule has 0 N–H and O–H groups in total. The number of ether oxygens (including phenoxy) is 1. The van der Waals surface area contributed by atoms with Gasteiger partial charge in [-0.25, -0.2) is 4.99 Å². The molecule has 6 heteroatoms. The van der Waals surface area contributed by atoms with Gasteiger partial charge in [0.05, 0.1) is 10.5 Å². The number of aliphatic imine (C=N–C) groups is 1. The highest BCUT2D eigenvalue weighted by atomic mass is 35.5. The molecule has 0 unspecified atom stereocenters. The molecule has 1 heterocycles. The van der Waals surface area contributed by atoms with Gasteiger partial charge in [0.2, 0.25) is 5.90 Å². The van der Waals surface area contributed by atoms with E-state index < -0.39 is 4.92 Å². The molecule has 1 aromatic carbocycles.